The minimum Gasteiger partial charge on any atom is -0.497 e. The third-order valence-electron chi connectivity index (χ3n) is 5.86. The van der Waals surface area contributed by atoms with Crippen molar-refractivity contribution in [3.8, 4) is 5.75 Å². The number of methoxy groups -OCH3 is 1. The predicted molar refractivity (Wildman–Crippen MR) is 125 cm³/mol. The van der Waals surface area contributed by atoms with E-state index in [9.17, 15) is 18.0 Å². The number of sulfonamides is 1. The quantitative estimate of drug-likeness (QED) is 0.612. The summed E-state index contributed by atoms with van der Waals surface area (Å²) < 4.78 is 32.2. The lowest BCUT2D eigenvalue weighted by atomic mass is 9.97. The maximum Gasteiger partial charge on any atom is 0.243 e. The lowest BCUT2D eigenvalue weighted by Gasteiger charge is -2.31. The van der Waals surface area contributed by atoms with Crippen LogP contribution < -0.4 is 15.4 Å². The van der Waals surface area contributed by atoms with Gasteiger partial charge in [0.2, 0.25) is 21.8 Å². The number of hydrogen-bond acceptors (Lipinski definition) is 5. The summed E-state index contributed by atoms with van der Waals surface area (Å²) in [6, 6.07) is 13.4. The number of amides is 2. The summed E-state index contributed by atoms with van der Waals surface area (Å²) in [6.45, 7) is 4.43. The van der Waals surface area contributed by atoms with E-state index in [1.54, 1.807) is 38.3 Å². The average Bonchev–Trinajstić information content (AvgIpc) is 2.83. The summed E-state index contributed by atoms with van der Waals surface area (Å²) >= 11 is 0. The SMILES string of the molecule is COc1ccc(CNC(=O)[C@H](C)NC(=O)C2CCN(S(=O)(=O)c3ccc(C)cc3)CC2)cc1. The number of ether oxygens (including phenoxy) is 1. The van der Waals surface area contributed by atoms with Crippen LogP contribution in [0.5, 0.6) is 5.75 Å². The van der Waals surface area contributed by atoms with Crippen molar-refractivity contribution in [2.45, 2.75) is 44.2 Å². The predicted octanol–water partition coefficient (Wildman–Crippen LogP) is 2.23. The second-order valence-electron chi connectivity index (χ2n) is 8.29. The highest BCUT2D eigenvalue weighted by Gasteiger charge is 2.32. The largest absolute Gasteiger partial charge is 0.497 e. The molecule has 2 N–H and O–H groups in total. The molecule has 1 fully saturated rings. The van der Waals surface area contributed by atoms with Crippen molar-refractivity contribution in [3.63, 3.8) is 0 Å². The van der Waals surface area contributed by atoms with Crippen LogP contribution in [-0.4, -0.2) is 50.8 Å². The van der Waals surface area contributed by atoms with Gasteiger partial charge in [-0.15, -0.1) is 0 Å². The normalized spacial score (nSPS) is 16.1. The molecule has 0 spiro atoms. The van der Waals surface area contributed by atoms with Crippen LogP contribution in [0.2, 0.25) is 0 Å². The smallest absolute Gasteiger partial charge is 0.243 e. The molecule has 2 aromatic carbocycles. The van der Waals surface area contributed by atoms with E-state index in [2.05, 4.69) is 10.6 Å². The molecule has 1 saturated heterocycles. The molecule has 0 aliphatic carbocycles. The number of carbonyl (C=O) groups is 2. The Hall–Kier alpha value is -2.91. The Morgan fingerprint density at radius 2 is 1.67 bits per heavy atom. The first kappa shape index (κ1) is 24.7. The maximum atomic E-state index is 12.8. The second-order valence-corrected chi connectivity index (χ2v) is 10.2. The molecule has 33 heavy (non-hydrogen) atoms. The molecular weight excluding hydrogens is 442 g/mol. The molecule has 0 aromatic heterocycles. The number of carbonyl (C=O) groups excluding carboxylic acids is 2. The Morgan fingerprint density at radius 3 is 2.24 bits per heavy atom. The van der Waals surface area contributed by atoms with Gasteiger partial charge in [-0.3, -0.25) is 9.59 Å². The lowest BCUT2D eigenvalue weighted by Crippen LogP contribution is -2.49. The van der Waals surface area contributed by atoms with Gasteiger partial charge in [0.05, 0.1) is 12.0 Å². The molecule has 2 amide bonds. The first-order chi connectivity index (χ1) is 15.7. The zero-order valence-corrected chi connectivity index (χ0v) is 20.0. The van der Waals surface area contributed by atoms with Crippen LogP contribution in [0.15, 0.2) is 53.4 Å². The molecule has 1 atom stereocenters. The van der Waals surface area contributed by atoms with Crippen molar-refractivity contribution >= 4 is 21.8 Å². The summed E-state index contributed by atoms with van der Waals surface area (Å²) in [5.41, 5.74) is 1.91. The molecule has 9 heteroatoms. The molecule has 1 aliphatic rings. The van der Waals surface area contributed by atoms with E-state index in [1.165, 1.54) is 4.31 Å². The average molecular weight is 474 g/mol. The maximum absolute atomic E-state index is 12.8. The first-order valence-corrected chi connectivity index (χ1v) is 12.4. The van der Waals surface area contributed by atoms with E-state index < -0.39 is 16.1 Å². The molecule has 0 bridgehead atoms. The number of nitrogens with one attached hydrogen (secondary N) is 2. The van der Waals surface area contributed by atoms with Gasteiger partial charge < -0.3 is 15.4 Å². The molecule has 3 rings (SSSR count). The van der Waals surface area contributed by atoms with Crippen molar-refractivity contribution < 1.29 is 22.7 Å². The molecule has 1 heterocycles. The van der Waals surface area contributed by atoms with Gasteiger partial charge in [-0.25, -0.2) is 8.42 Å². The van der Waals surface area contributed by atoms with Crippen LogP contribution in [-0.2, 0) is 26.2 Å². The number of piperidine rings is 1. The van der Waals surface area contributed by atoms with Crippen LogP contribution in [0.1, 0.15) is 30.9 Å². The Labute approximate surface area is 195 Å². The Bertz CT molecular complexity index is 1060. The Kier molecular flexibility index (Phi) is 8.10. The van der Waals surface area contributed by atoms with E-state index in [-0.39, 0.29) is 35.7 Å². The number of hydrogen-bond donors (Lipinski definition) is 2. The summed E-state index contributed by atoms with van der Waals surface area (Å²) in [5, 5.41) is 5.57. The monoisotopic (exact) mass is 473 g/mol. The minimum atomic E-state index is -3.57. The van der Waals surface area contributed by atoms with E-state index in [0.717, 1.165) is 16.9 Å². The topological polar surface area (TPSA) is 105 Å². The zero-order valence-electron chi connectivity index (χ0n) is 19.2. The highest BCUT2D eigenvalue weighted by atomic mass is 32.2. The molecule has 0 radical (unpaired) electrons. The third kappa shape index (κ3) is 6.33. The summed E-state index contributed by atoms with van der Waals surface area (Å²) in [5.74, 6) is -0.0947. The van der Waals surface area contributed by atoms with Crippen molar-refractivity contribution in [2.75, 3.05) is 20.2 Å². The van der Waals surface area contributed by atoms with Crippen molar-refractivity contribution in [1.29, 1.82) is 0 Å². The van der Waals surface area contributed by atoms with E-state index >= 15 is 0 Å². The number of aryl methyl sites for hydroxylation is 1. The van der Waals surface area contributed by atoms with Crippen LogP contribution in [0.25, 0.3) is 0 Å². The zero-order chi connectivity index (χ0) is 24.0. The van der Waals surface area contributed by atoms with Gasteiger partial charge in [0.25, 0.3) is 0 Å². The number of benzene rings is 2. The molecule has 178 valence electrons. The van der Waals surface area contributed by atoms with Gasteiger partial charge in [-0.2, -0.15) is 4.31 Å². The van der Waals surface area contributed by atoms with Gasteiger partial charge in [-0.05, 0) is 56.5 Å². The van der Waals surface area contributed by atoms with E-state index in [4.69, 9.17) is 4.74 Å². The van der Waals surface area contributed by atoms with Gasteiger partial charge in [0, 0.05) is 25.6 Å². The van der Waals surface area contributed by atoms with Gasteiger partial charge in [-0.1, -0.05) is 29.8 Å². The third-order valence-corrected chi connectivity index (χ3v) is 7.77. The van der Waals surface area contributed by atoms with Crippen molar-refractivity contribution in [3.05, 3.63) is 59.7 Å². The van der Waals surface area contributed by atoms with Crippen molar-refractivity contribution in [2.24, 2.45) is 5.92 Å². The lowest BCUT2D eigenvalue weighted by molar-refractivity contribution is -0.131. The van der Waals surface area contributed by atoms with Crippen LogP contribution in [0.3, 0.4) is 0 Å². The van der Waals surface area contributed by atoms with E-state index in [0.29, 0.717) is 19.4 Å². The number of nitrogens with zero attached hydrogens (tertiary/aromatic N) is 1. The van der Waals surface area contributed by atoms with Gasteiger partial charge in [0.1, 0.15) is 11.8 Å². The molecule has 1 aliphatic heterocycles. The van der Waals surface area contributed by atoms with E-state index in [1.807, 2.05) is 31.2 Å². The summed E-state index contributed by atoms with van der Waals surface area (Å²) in [4.78, 5) is 25.3. The Morgan fingerprint density at radius 1 is 1.06 bits per heavy atom. The summed E-state index contributed by atoms with van der Waals surface area (Å²) in [7, 11) is -1.98. The first-order valence-electron chi connectivity index (χ1n) is 11.0. The fourth-order valence-corrected chi connectivity index (χ4v) is 5.17. The van der Waals surface area contributed by atoms with Crippen molar-refractivity contribution in [1.82, 2.24) is 14.9 Å². The minimum absolute atomic E-state index is 0.227. The van der Waals surface area contributed by atoms with Gasteiger partial charge in [0.15, 0.2) is 0 Å². The fourth-order valence-electron chi connectivity index (χ4n) is 3.70. The van der Waals surface area contributed by atoms with Crippen LogP contribution in [0.4, 0.5) is 0 Å². The number of rotatable bonds is 8. The highest BCUT2D eigenvalue weighted by molar-refractivity contribution is 7.89. The standard InChI is InChI=1S/C24H31N3O5S/c1-17-4-10-22(11-5-17)33(30,31)27-14-12-20(13-15-27)24(29)26-18(2)23(28)25-16-19-6-8-21(32-3)9-7-19/h4-11,18,20H,12-16H2,1-3H3,(H,25,28)(H,26,29)/t18-/m0/s1. The second kappa shape index (κ2) is 10.8. The Balaban J connectivity index is 1.46. The molecule has 2 aromatic rings. The molecule has 8 nitrogen and oxygen atoms in total. The molecular formula is C24H31N3O5S. The molecule has 0 saturated carbocycles. The summed E-state index contributed by atoms with van der Waals surface area (Å²) in [6.07, 6.45) is 0.828. The van der Waals surface area contributed by atoms with Gasteiger partial charge >= 0.3 is 0 Å². The highest BCUT2D eigenvalue weighted by Crippen LogP contribution is 2.24. The fraction of sp³-hybridized carbons (Fsp3) is 0.417. The van der Waals surface area contributed by atoms with Crippen LogP contribution in [0, 0.1) is 12.8 Å². The van der Waals surface area contributed by atoms with Crippen LogP contribution >= 0.6 is 0 Å². The molecule has 0 unspecified atom stereocenters.